The fourth-order valence-corrected chi connectivity index (χ4v) is 3.10. The third-order valence-corrected chi connectivity index (χ3v) is 4.62. The largest absolute Gasteiger partial charge is 0.503 e. The molecule has 7 nitrogen and oxygen atoms in total. The SMILES string of the molecule is N#Cc1ccc2c(c1)CCN(C(=O)c1noc(-c3cc(F)c(F)c(O)c3F)n1)C2. The van der Waals surface area contributed by atoms with Gasteiger partial charge in [-0.15, -0.1) is 0 Å². The van der Waals surface area contributed by atoms with Gasteiger partial charge in [0.2, 0.25) is 5.82 Å². The Hall–Kier alpha value is -3.87. The van der Waals surface area contributed by atoms with Crippen LogP contribution in [-0.4, -0.2) is 32.6 Å². The number of carbonyl (C=O) groups excluding carboxylic acids is 1. The highest BCUT2D eigenvalue weighted by Crippen LogP contribution is 2.32. The van der Waals surface area contributed by atoms with Gasteiger partial charge in [0.15, 0.2) is 17.4 Å². The number of halogens is 3. The molecule has 0 radical (unpaired) electrons. The van der Waals surface area contributed by atoms with E-state index in [1.54, 1.807) is 18.2 Å². The normalized spacial score (nSPS) is 13.1. The number of amides is 1. The van der Waals surface area contributed by atoms with Gasteiger partial charge in [-0.25, -0.2) is 8.78 Å². The summed E-state index contributed by atoms with van der Waals surface area (Å²) in [6, 6.07) is 7.69. The molecule has 0 atom stereocenters. The molecule has 1 aromatic heterocycles. The minimum Gasteiger partial charge on any atom is -0.503 e. The first-order valence-electron chi connectivity index (χ1n) is 8.40. The minimum atomic E-state index is -1.74. The number of nitrogens with zero attached hydrogens (tertiary/aromatic N) is 4. The Labute approximate surface area is 161 Å². The van der Waals surface area contributed by atoms with Crippen molar-refractivity contribution < 1.29 is 27.6 Å². The van der Waals surface area contributed by atoms with E-state index < -0.39 is 40.6 Å². The van der Waals surface area contributed by atoms with Crippen molar-refractivity contribution in [1.29, 1.82) is 5.26 Å². The number of phenolic OH excluding ortho intramolecular Hbond substituents is 1. The van der Waals surface area contributed by atoms with Crippen LogP contribution in [0.4, 0.5) is 13.2 Å². The molecule has 1 aliphatic rings. The van der Waals surface area contributed by atoms with E-state index in [0.29, 0.717) is 24.6 Å². The maximum absolute atomic E-state index is 14.0. The molecule has 2 aromatic carbocycles. The molecule has 1 aliphatic heterocycles. The van der Waals surface area contributed by atoms with Gasteiger partial charge in [0, 0.05) is 13.1 Å². The standard InChI is InChI=1S/C19H11F3N4O3/c20-13-6-12(14(21)16(27)15(13)22)18-24-17(25-29-18)19(28)26-4-3-10-5-9(7-23)1-2-11(10)8-26/h1-2,5-6,27H,3-4,8H2. The van der Waals surface area contributed by atoms with Gasteiger partial charge in [0.25, 0.3) is 17.6 Å². The van der Waals surface area contributed by atoms with E-state index in [2.05, 4.69) is 16.2 Å². The van der Waals surface area contributed by atoms with E-state index in [0.717, 1.165) is 11.1 Å². The van der Waals surface area contributed by atoms with E-state index in [9.17, 15) is 23.1 Å². The van der Waals surface area contributed by atoms with E-state index in [1.807, 2.05) is 0 Å². The zero-order valence-electron chi connectivity index (χ0n) is 14.6. The van der Waals surface area contributed by atoms with Crippen LogP contribution in [0.1, 0.15) is 27.3 Å². The number of benzene rings is 2. The molecular weight excluding hydrogens is 389 g/mol. The third kappa shape index (κ3) is 3.16. The molecule has 4 rings (SSSR count). The van der Waals surface area contributed by atoms with Gasteiger partial charge in [-0.3, -0.25) is 4.79 Å². The second-order valence-corrected chi connectivity index (χ2v) is 6.38. The first kappa shape index (κ1) is 18.5. The van der Waals surface area contributed by atoms with Crippen LogP contribution in [-0.2, 0) is 13.0 Å². The zero-order valence-corrected chi connectivity index (χ0v) is 14.6. The topological polar surface area (TPSA) is 103 Å². The summed E-state index contributed by atoms with van der Waals surface area (Å²) in [4.78, 5) is 17.9. The molecule has 3 aromatic rings. The lowest BCUT2D eigenvalue weighted by Gasteiger charge is -2.27. The van der Waals surface area contributed by atoms with Gasteiger partial charge in [0.1, 0.15) is 0 Å². The molecule has 1 N–H and O–H groups in total. The fourth-order valence-electron chi connectivity index (χ4n) is 3.10. The molecule has 29 heavy (non-hydrogen) atoms. The number of fused-ring (bicyclic) bond motifs is 1. The first-order chi connectivity index (χ1) is 13.9. The van der Waals surface area contributed by atoms with Gasteiger partial charge < -0.3 is 14.5 Å². The van der Waals surface area contributed by atoms with Crippen LogP contribution >= 0.6 is 0 Å². The van der Waals surface area contributed by atoms with Gasteiger partial charge in [0.05, 0.1) is 17.2 Å². The highest BCUT2D eigenvalue weighted by Gasteiger charge is 2.28. The Balaban J connectivity index is 1.59. The number of nitriles is 1. The lowest BCUT2D eigenvalue weighted by atomic mass is 9.97. The summed E-state index contributed by atoms with van der Waals surface area (Å²) in [6.07, 6.45) is 0.521. The van der Waals surface area contributed by atoms with E-state index in [-0.39, 0.29) is 12.4 Å². The predicted octanol–water partition coefficient (Wildman–Crippen LogP) is 2.93. The van der Waals surface area contributed by atoms with Crippen LogP contribution in [0.3, 0.4) is 0 Å². The average Bonchev–Trinajstić information content (AvgIpc) is 3.23. The second-order valence-electron chi connectivity index (χ2n) is 6.38. The van der Waals surface area contributed by atoms with Crippen molar-refractivity contribution in [2.24, 2.45) is 0 Å². The fraction of sp³-hybridized carbons (Fsp3) is 0.158. The van der Waals surface area contributed by atoms with E-state index in [4.69, 9.17) is 9.78 Å². The lowest BCUT2D eigenvalue weighted by Crippen LogP contribution is -2.36. The Kier molecular flexibility index (Phi) is 4.43. The summed E-state index contributed by atoms with van der Waals surface area (Å²) in [6.45, 7) is 0.592. The van der Waals surface area contributed by atoms with Crippen LogP contribution < -0.4 is 0 Å². The molecule has 0 saturated heterocycles. The van der Waals surface area contributed by atoms with Crippen LogP contribution in [0.5, 0.6) is 5.75 Å². The smallest absolute Gasteiger partial charge is 0.295 e. The van der Waals surface area contributed by atoms with Gasteiger partial charge in [-0.05, 0) is 35.7 Å². The lowest BCUT2D eigenvalue weighted by molar-refractivity contribution is 0.0719. The highest BCUT2D eigenvalue weighted by atomic mass is 19.2. The van der Waals surface area contributed by atoms with Crippen LogP contribution in [0.2, 0.25) is 0 Å². The predicted molar refractivity (Wildman–Crippen MR) is 90.9 cm³/mol. The molecule has 0 saturated carbocycles. The van der Waals surface area contributed by atoms with Crippen molar-refractivity contribution in [2.45, 2.75) is 13.0 Å². The quantitative estimate of drug-likeness (QED) is 0.664. The van der Waals surface area contributed by atoms with Gasteiger partial charge >= 0.3 is 0 Å². The molecule has 2 heterocycles. The summed E-state index contributed by atoms with van der Waals surface area (Å²) >= 11 is 0. The molecule has 0 spiro atoms. The zero-order chi connectivity index (χ0) is 20.7. The summed E-state index contributed by atoms with van der Waals surface area (Å²) in [7, 11) is 0. The molecule has 0 aliphatic carbocycles. The number of hydrogen-bond acceptors (Lipinski definition) is 6. The Morgan fingerprint density at radius 2 is 2.00 bits per heavy atom. The van der Waals surface area contributed by atoms with Crippen LogP contribution in [0.15, 0.2) is 28.8 Å². The summed E-state index contributed by atoms with van der Waals surface area (Å²) in [5.74, 6) is -7.80. The number of rotatable bonds is 2. The average molecular weight is 400 g/mol. The number of phenols is 1. The Morgan fingerprint density at radius 1 is 1.21 bits per heavy atom. The number of hydrogen-bond donors (Lipinski definition) is 1. The summed E-state index contributed by atoms with van der Waals surface area (Å²) in [5.41, 5.74) is 1.69. The second kappa shape index (κ2) is 6.94. The monoisotopic (exact) mass is 400 g/mol. The summed E-state index contributed by atoms with van der Waals surface area (Å²) < 4.78 is 45.5. The van der Waals surface area contributed by atoms with Crippen molar-refractivity contribution >= 4 is 5.91 Å². The minimum absolute atomic E-state index is 0.254. The van der Waals surface area contributed by atoms with Crippen molar-refractivity contribution in [3.63, 3.8) is 0 Å². The Morgan fingerprint density at radius 3 is 2.76 bits per heavy atom. The third-order valence-electron chi connectivity index (χ3n) is 4.62. The highest BCUT2D eigenvalue weighted by molar-refractivity contribution is 5.91. The van der Waals surface area contributed by atoms with Crippen molar-refractivity contribution in [2.75, 3.05) is 6.54 Å². The van der Waals surface area contributed by atoms with Gasteiger partial charge in [-0.1, -0.05) is 11.2 Å². The molecule has 0 bridgehead atoms. The Bertz CT molecular complexity index is 1190. The number of aromatic hydroxyl groups is 1. The molecule has 10 heteroatoms. The van der Waals surface area contributed by atoms with E-state index >= 15 is 0 Å². The summed E-state index contributed by atoms with van der Waals surface area (Å²) in [5, 5.41) is 21.8. The molecule has 0 fully saturated rings. The number of carbonyl (C=O) groups is 1. The first-order valence-corrected chi connectivity index (χ1v) is 8.40. The van der Waals surface area contributed by atoms with Crippen molar-refractivity contribution in [1.82, 2.24) is 15.0 Å². The maximum atomic E-state index is 14.0. The van der Waals surface area contributed by atoms with Crippen molar-refractivity contribution in [3.05, 3.63) is 64.2 Å². The molecule has 146 valence electrons. The molecule has 1 amide bonds. The molecular formula is C19H11F3N4O3. The van der Waals surface area contributed by atoms with Gasteiger partial charge in [-0.2, -0.15) is 14.6 Å². The van der Waals surface area contributed by atoms with Crippen LogP contribution in [0.25, 0.3) is 11.5 Å². The number of aromatic nitrogens is 2. The maximum Gasteiger partial charge on any atom is 0.295 e. The molecule has 0 unspecified atom stereocenters. The van der Waals surface area contributed by atoms with E-state index in [1.165, 1.54) is 4.90 Å². The van der Waals surface area contributed by atoms with Crippen molar-refractivity contribution in [3.8, 4) is 23.3 Å². The van der Waals surface area contributed by atoms with Crippen LogP contribution in [0, 0.1) is 28.8 Å².